The van der Waals surface area contributed by atoms with Gasteiger partial charge in [0.2, 0.25) is 0 Å². The molecular weight excluding hydrogens is 305 g/mol. The van der Waals surface area contributed by atoms with Crippen LogP contribution in [-0.2, 0) is 10.9 Å². The first kappa shape index (κ1) is 17.2. The van der Waals surface area contributed by atoms with Crippen molar-refractivity contribution in [3.8, 4) is 0 Å². The molecule has 4 nitrogen and oxygen atoms in total. The second kappa shape index (κ2) is 5.88. The molecule has 0 radical (unpaired) electrons. The lowest BCUT2D eigenvalue weighted by molar-refractivity contribution is -0.137. The average Bonchev–Trinajstić information content (AvgIpc) is 2.24. The van der Waals surface area contributed by atoms with Crippen LogP contribution in [0.1, 0.15) is 31.9 Å². The normalized spacial score (nSPS) is 11.9. The Balaban J connectivity index is 3.08. The largest absolute Gasteiger partial charge is 0.444 e. The van der Waals surface area contributed by atoms with E-state index in [1.807, 2.05) is 0 Å². The van der Waals surface area contributed by atoms with Crippen LogP contribution < -0.4 is 11.1 Å². The fraction of sp³-hybridized carbons (Fsp3) is 0.385. The molecule has 1 aromatic rings. The minimum absolute atomic E-state index is 0.0600. The van der Waals surface area contributed by atoms with Crippen LogP contribution in [0.2, 0.25) is 0 Å². The van der Waals surface area contributed by atoms with Crippen molar-refractivity contribution in [3.63, 3.8) is 0 Å². The number of nitrogens with one attached hydrogen (secondary N) is 1. The highest BCUT2D eigenvalue weighted by Crippen LogP contribution is 2.32. The summed E-state index contributed by atoms with van der Waals surface area (Å²) in [6.45, 7) is 4.98. The van der Waals surface area contributed by atoms with E-state index >= 15 is 0 Å². The number of alkyl halides is 3. The molecule has 0 aliphatic carbocycles. The maximum Gasteiger partial charge on any atom is 0.416 e. The van der Waals surface area contributed by atoms with Gasteiger partial charge in [-0.2, -0.15) is 13.2 Å². The molecule has 0 spiro atoms. The smallest absolute Gasteiger partial charge is 0.416 e. The molecule has 0 fully saturated rings. The second-order valence-electron chi connectivity index (χ2n) is 5.25. The first-order valence-electron chi connectivity index (χ1n) is 5.91. The molecule has 1 rings (SSSR count). The number of carbonyl (C=O) groups excluding carboxylic acids is 1. The molecular formula is C13H15F3N2O2S. The van der Waals surface area contributed by atoms with E-state index < -0.39 is 23.4 Å². The molecule has 0 atom stereocenters. The van der Waals surface area contributed by atoms with Crippen molar-refractivity contribution in [2.75, 3.05) is 5.32 Å². The standard InChI is InChI=1S/C13H15F3N2O2S/c1-12(2,3)20-11(19)18-9-5-4-7(13(14,15)16)6-8(9)10(17)21/h4-6H,1-3H3,(H2,17,21)(H,18,19). The van der Waals surface area contributed by atoms with Crippen LogP contribution in [0.3, 0.4) is 0 Å². The van der Waals surface area contributed by atoms with Crippen LogP contribution >= 0.6 is 12.2 Å². The summed E-state index contributed by atoms with van der Waals surface area (Å²) in [5.41, 5.74) is 3.74. The number of ether oxygens (including phenoxy) is 1. The number of halogens is 3. The van der Waals surface area contributed by atoms with Gasteiger partial charge in [0.25, 0.3) is 0 Å². The first-order valence-corrected chi connectivity index (χ1v) is 6.32. The summed E-state index contributed by atoms with van der Waals surface area (Å²) in [5, 5.41) is 2.33. The van der Waals surface area contributed by atoms with E-state index in [4.69, 9.17) is 22.7 Å². The minimum atomic E-state index is -4.52. The molecule has 0 aromatic heterocycles. The third-order valence-electron chi connectivity index (χ3n) is 2.25. The Bertz CT molecular complexity index is 566. The van der Waals surface area contributed by atoms with E-state index in [-0.39, 0.29) is 16.2 Å². The third kappa shape index (κ3) is 5.22. The Kier molecular flexibility index (Phi) is 4.83. The molecule has 0 saturated carbocycles. The molecule has 0 aliphatic heterocycles. The number of rotatable bonds is 2. The molecule has 1 aromatic carbocycles. The van der Waals surface area contributed by atoms with Gasteiger partial charge in [-0.3, -0.25) is 5.32 Å². The first-order chi connectivity index (χ1) is 9.40. The fourth-order valence-corrected chi connectivity index (χ4v) is 1.62. The van der Waals surface area contributed by atoms with E-state index in [1.165, 1.54) is 0 Å². The number of hydrogen-bond donors (Lipinski definition) is 2. The number of carbonyl (C=O) groups is 1. The molecule has 116 valence electrons. The van der Waals surface area contributed by atoms with Crippen LogP contribution in [0.5, 0.6) is 0 Å². The zero-order chi connectivity index (χ0) is 16.4. The van der Waals surface area contributed by atoms with Gasteiger partial charge >= 0.3 is 12.3 Å². The van der Waals surface area contributed by atoms with Crippen LogP contribution in [0.4, 0.5) is 23.7 Å². The maximum atomic E-state index is 12.7. The van der Waals surface area contributed by atoms with Crippen molar-refractivity contribution in [3.05, 3.63) is 29.3 Å². The van der Waals surface area contributed by atoms with Gasteiger partial charge in [-0.25, -0.2) is 4.79 Å². The monoisotopic (exact) mass is 320 g/mol. The highest BCUT2D eigenvalue weighted by atomic mass is 32.1. The lowest BCUT2D eigenvalue weighted by atomic mass is 10.1. The highest BCUT2D eigenvalue weighted by molar-refractivity contribution is 7.80. The van der Waals surface area contributed by atoms with Crippen molar-refractivity contribution in [1.82, 2.24) is 0 Å². The van der Waals surface area contributed by atoms with Gasteiger partial charge in [0, 0.05) is 5.56 Å². The van der Waals surface area contributed by atoms with Gasteiger partial charge in [-0.05, 0) is 39.0 Å². The highest BCUT2D eigenvalue weighted by Gasteiger charge is 2.31. The number of anilines is 1. The lowest BCUT2D eigenvalue weighted by Gasteiger charge is -2.20. The third-order valence-corrected chi connectivity index (χ3v) is 2.47. The Morgan fingerprint density at radius 2 is 1.86 bits per heavy atom. The maximum absolute atomic E-state index is 12.7. The van der Waals surface area contributed by atoms with Crippen LogP contribution in [0.15, 0.2) is 18.2 Å². The summed E-state index contributed by atoms with van der Waals surface area (Å²) in [6, 6.07) is 2.70. The molecule has 0 bridgehead atoms. The van der Waals surface area contributed by atoms with Gasteiger partial charge < -0.3 is 10.5 Å². The van der Waals surface area contributed by atoms with Crippen molar-refractivity contribution in [2.45, 2.75) is 32.5 Å². The number of amides is 1. The van der Waals surface area contributed by atoms with Gasteiger partial charge in [-0.15, -0.1) is 0 Å². The molecule has 0 aliphatic rings. The fourth-order valence-electron chi connectivity index (χ4n) is 1.45. The van der Waals surface area contributed by atoms with E-state index in [0.29, 0.717) is 0 Å². The Morgan fingerprint density at radius 1 is 1.29 bits per heavy atom. The number of hydrogen-bond acceptors (Lipinski definition) is 3. The summed E-state index contributed by atoms with van der Waals surface area (Å²) in [7, 11) is 0. The lowest BCUT2D eigenvalue weighted by Crippen LogP contribution is -2.28. The zero-order valence-electron chi connectivity index (χ0n) is 11.7. The Hall–Kier alpha value is -1.83. The van der Waals surface area contributed by atoms with Crippen LogP contribution in [0, 0.1) is 0 Å². The predicted octanol–water partition coefficient (Wildman–Crippen LogP) is 3.69. The van der Waals surface area contributed by atoms with E-state index in [2.05, 4.69) is 5.32 Å². The number of thiocarbonyl (C=S) groups is 1. The van der Waals surface area contributed by atoms with Gasteiger partial charge in [0.1, 0.15) is 10.6 Å². The number of benzene rings is 1. The summed E-state index contributed by atoms with van der Waals surface area (Å²) in [6.07, 6.45) is -5.33. The van der Waals surface area contributed by atoms with E-state index in [0.717, 1.165) is 18.2 Å². The summed E-state index contributed by atoms with van der Waals surface area (Å²) in [4.78, 5) is 11.4. The molecule has 3 N–H and O–H groups in total. The van der Waals surface area contributed by atoms with Gasteiger partial charge in [0.05, 0.1) is 11.3 Å². The topological polar surface area (TPSA) is 64.3 Å². The SMILES string of the molecule is CC(C)(C)OC(=O)Nc1ccc(C(F)(F)F)cc1C(N)=S. The molecule has 1 amide bonds. The molecule has 0 heterocycles. The summed E-state index contributed by atoms with van der Waals surface area (Å²) >= 11 is 4.71. The van der Waals surface area contributed by atoms with Gasteiger partial charge in [-0.1, -0.05) is 12.2 Å². The zero-order valence-corrected chi connectivity index (χ0v) is 12.5. The average molecular weight is 320 g/mol. The van der Waals surface area contributed by atoms with Crippen molar-refractivity contribution < 1.29 is 22.7 Å². The summed E-state index contributed by atoms with van der Waals surface area (Å²) < 4.78 is 43.0. The van der Waals surface area contributed by atoms with Crippen LogP contribution in [0.25, 0.3) is 0 Å². The van der Waals surface area contributed by atoms with Crippen molar-refractivity contribution in [1.29, 1.82) is 0 Å². The Morgan fingerprint density at radius 3 is 2.29 bits per heavy atom. The van der Waals surface area contributed by atoms with Crippen molar-refractivity contribution >= 4 is 29.0 Å². The van der Waals surface area contributed by atoms with Gasteiger partial charge in [0.15, 0.2) is 0 Å². The molecule has 21 heavy (non-hydrogen) atoms. The quantitative estimate of drug-likeness (QED) is 0.816. The molecule has 8 heteroatoms. The van der Waals surface area contributed by atoms with Crippen molar-refractivity contribution in [2.24, 2.45) is 5.73 Å². The Labute approximate surface area is 125 Å². The minimum Gasteiger partial charge on any atom is -0.444 e. The van der Waals surface area contributed by atoms with Crippen LogP contribution in [-0.4, -0.2) is 16.7 Å². The number of nitrogens with two attached hydrogens (primary N) is 1. The summed E-state index contributed by atoms with van der Waals surface area (Å²) in [5.74, 6) is 0. The van der Waals surface area contributed by atoms with E-state index in [1.54, 1.807) is 20.8 Å². The van der Waals surface area contributed by atoms with E-state index in [9.17, 15) is 18.0 Å². The second-order valence-corrected chi connectivity index (χ2v) is 5.69. The molecule has 0 saturated heterocycles. The molecule has 0 unspecified atom stereocenters. The predicted molar refractivity (Wildman–Crippen MR) is 77.2 cm³/mol.